The zero-order chi connectivity index (χ0) is 47.0. The van der Waals surface area contributed by atoms with Crippen LogP contribution in [-0.4, -0.2) is 37.2 Å². The van der Waals surface area contributed by atoms with E-state index in [2.05, 4.69) is 41.5 Å². The van der Waals surface area contributed by atoms with Gasteiger partial charge in [-0.15, -0.1) is 0 Å². The third-order valence-corrected chi connectivity index (χ3v) is 13.9. The second kappa shape index (κ2) is 49.3. The molecule has 0 rings (SSSR count). The van der Waals surface area contributed by atoms with Crippen molar-refractivity contribution in [1.29, 1.82) is 0 Å². The molecule has 0 aliphatic rings. The molecular formula is C58H112O6. The molecule has 3 atom stereocenters. The largest absolute Gasteiger partial charge is 0.462 e. The fourth-order valence-electron chi connectivity index (χ4n) is 8.76. The second-order valence-corrected chi connectivity index (χ2v) is 20.9. The minimum absolute atomic E-state index is 0.0645. The Hall–Kier alpha value is -1.59. The Bertz CT molecular complexity index is 995. The highest BCUT2D eigenvalue weighted by molar-refractivity contribution is 5.71. The number of carbonyl (C=O) groups excluding carboxylic acids is 3. The molecule has 0 saturated heterocycles. The molecule has 0 spiro atoms. The molecule has 0 bridgehead atoms. The van der Waals surface area contributed by atoms with Crippen molar-refractivity contribution in [2.45, 2.75) is 324 Å². The molecule has 0 aromatic heterocycles. The summed E-state index contributed by atoms with van der Waals surface area (Å²) in [6.45, 7) is 13.8. The van der Waals surface area contributed by atoms with Crippen LogP contribution in [-0.2, 0) is 28.6 Å². The number of hydrogen-bond acceptors (Lipinski definition) is 6. The number of hydrogen-bond donors (Lipinski definition) is 0. The van der Waals surface area contributed by atoms with Crippen molar-refractivity contribution in [3.8, 4) is 0 Å². The zero-order valence-corrected chi connectivity index (χ0v) is 44.1. The van der Waals surface area contributed by atoms with Crippen molar-refractivity contribution in [2.75, 3.05) is 13.2 Å². The van der Waals surface area contributed by atoms with Gasteiger partial charge in [0, 0.05) is 19.3 Å². The molecule has 2 unspecified atom stereocenters. The van der Waals surface area contributed by atoms with Gasteiger partial charge in [0.05, 0.1) is 0 Å². The lowest BCUT2D eigenvalue weighted by Gasteiger charge is -2.18. The lowest BCUT2D eigenvalue weighted by molar-refractivity contribution is -0.167. The van der Waals surface area contributed by atoms with Crippen LogP contribution in [0.1, 0.15) is 318 Å². The van der Waals surface area contributed by atoms with Crippen LogP contribution in [0.5, 0.6) is 0 Å². The molecule has 380 valence electrons. The molecule has 0 aromatic rings. The van der Waals surface area contributed by atoms with Crippen molar-refractivity contribution in [2.24, 2.45) is 17.8 Å². The average Bonchev–Trinajstić information content (AvgIpc) is 3.28. The van der Waals surface area contributed by atoms with Crippen molar-refractivity contribution in [1.82, 2.24) is 0 Å². The Labute approximate surface area is 399 Å². The standard InChI is InChI=1S/C58H112O6/c1-7-53(5)45-39-33-27-23-19-15-13-11-9-10-12-14-16-20-24-28-35-41-47-56(59)62-50-55(51-63-57(60)48-42-36-31-30-34-40-46-54(6)8-2)64-58(61)49-43-37-29-25-21-17-18-22-26-32-38-44-52(3)4/h52-55H,7-51H2,1-6H3/t53?,54?,55-/m1/s1. The van der Waals surface area contributed by atoms with Crippen LogP contribution in [0.15, 0.2) is 0 Å². The molecule has 6 heteroatoms. The maximum absolute atomic E-state index is 12.8. The third-order valence-electron chi connectivity index (χ3n) is 13.9. The summed E-state index contributed by atoms with van der Waals surface area (Å²) in [6, 6.07) is 0. The molecule has 0 radical (unpaired) electrons. The highest BCUT2D eigenvalue weighted by Crippen LogP contribution is 2.19. The van der Waals surface area contributed by atoms with Gasteiger partial charge >= 0.3 is 17.9 Å². The average molecular weight is 906 g/mol. The molecule has 64 heavy (non-hydrogen) atoms. The Morgan fingerprint density at radius 2 is 0.547 bits per heavy atom. The Kier molecular flexibility index (Phi) is 48.1. The predicted octanol–water partition coefficient (Wildman–Crippen LogP) is 18.7. The van der Waals surface area contributed by atoms with Crippen molar-refractivity contribution >= 4 is 17.9 Å². The van der Waals surface area contributed by atoms with Gasteiger partial charge in [-0.1, -0.05) is 279 Å². The first-order valence-electron chi connectivity index (χ1n) is 28.7. The summed E-state index contributed by atoms with van der Waals surface area (Å²) in [6.07, 6.45) is 51.0. The SMILES string of the molecule is CCC(C)CCCCCCCCCCCCCCCCCCCCC(=O)OC[C@H](COC(=O)CCCCCCCCC(C)CC)OC(=O)CCCCCCCCCCCCCC(C)C. The number of carbonyl (C=O) groups is 3. The van der Waals surface area contributed by atoms with Gasteiger partial charge in [0.1, 0.15) is 13.2 Å². The van der Waals surface area contributed by atoms with E-state index in [1.165, 1.54) is 199 Å². The van der Waals surface area contributed by atoms with E-state index in [-0.39, 0.29) is 31.1 Å². The topological polar surface area (TPSA) is 78.9 Å². The molecule has 0 fully saturated rings. The lowest BCUT2D eigenvalue weighted by atomic mass is 9.99. The fourth-order valence-corrected chi connectivity index (χ4v) is 8.76. The number of ether oxygens (including phenoxy) is 3. The summed E-state index contributed by atoms with van der Waals surface area (Å²) in [5.74, 6) is 1.70. The van der Waals surface area contributed by atoms with Crippen LogP contribution in [0.25, 0.3) is 0 Å². The molecule has 6 nitrogen and oxygen atoms in total. The summed E-state index contributed by atoms with van der Waals surface area (Å²) in [4.78, 5) is 38.0. The van der Waals surface area contributed by atoms with Gasteiger partial charge < -0.3 is 14.2 Å². The Morgan fingerprint density at radius 1 is 0.312 bits per heavy atom. The van der Waals surface area contributed by atoms with E-state index in [9.17, 15) is 14.4 Å². The van der Waals surface area contributed by atoms with Gasteiger partial charge in [-0.2, -0.15) is 0 Å². The van der Waals surface area contributed by atoms with Gasteiger partial charge in [-0.25, -0.2) is 0 Å². The normalized spacial score (nSPS) is 13.0. The molecule has 0 aliphatic carbocycles. The highest BCUT2D eigenvalue weighted by Gasteiger charge is 2.19. The maximum atomic E-state index is 12.8. The number of esters is 3. The first kappa shape index (κ1) is 62.4. The van der Waals surface area contributed by atoms with Gasteiger partial charge in [0.25, 0.3) is 0 Å². The summed E-state index contributed by atoms with van der Waals surface area (Å²) >= 11 is 0. The van der Waals surface area contributed by atoms with Crippen LogP contribution < -0.4 is 0 Å². The second-order valence-electron chi connectivity index (χ2n) is 20.9. The monoisotopic (exact) mass is 905 g/mol. The smallest absolute Gasteiger partial charge is 0.306 e. The molecular weight excluding hydrogens is 793 g/mol. The fraction of sp³-hybridized carbons (Fsp3) is 0.948. The third kappa shape index (κ3) is 48.3. The van der Waals surface area contributed by atoms with Crippen molar-refractivity contribution in [3.05, 3.63) is 0 Å². The van der Waals surface area contributed by atoms with Gasteiger partial charge in [-0.05, 0) is 37.0 Å². The van der Waals surface area contributed by atoms with E-state index in [0.29, 0.717) is 19.3 Å². The minimum Gasteiger partial charge on any atom is -0.462 e. The molecule has 0 N–H and O–H groups in total. The number of unbranched alkanes of at least 4 members (excludes halogenated alkanes) is 32. The van der Waals surface area contributed by atoms with E-state index in [1.807, 2.05) is 0 Å². The number of rotatable bonds is 51. The van der Waals surface area contributed by atoms with Crippen molar-refractivity contribution in [3.63, 3.8) is 0 Å². The van der Waals surface area contributed by atoms with Crippen LogP contribution in [0, 0.1) is 17.8 Å². The summed E-state index contributed by atoms with van der Waals surface area (Å²) < 4.78 is 16.8. The molecule has 0 amide bonds. The van der Waals surface area contributed by atoms with Crippen LogP contribution in [0.2, 0.25) is 0 Å². The van der Waals surface area contributed by atoms with Gasteiger partial charge in [0.15, 0.2) is 6.10 Å². The quantitative estimate of drug-likeness (QED) is 0.0344. The van der Waals surface area contributed by atoms with E-state index < -0.39 is 6.10 Å². The maximum Gasteiger partial charge on any atom is 0.306 e. The van der Waals surface area contributed by atoms with Gasteiger partial charge in [0.2, 0.25) is 0 Å². The van der Waals surface area contributed by atoms with Crippen LogP contribution in [0.4, 0.5) is 0 Å². The van der Waals surface area contributed by atoms with E-state index in [4.69, 9.17) is 14.2 Å². The summed E-state index contributed by atoms with van der Waals surface area (Å²) in [7, 11) is 0. The predicted molar refractivity (Wildman–Crippen MR) is 275 cm³/mol. The molecule has 0 heterocycles. The summed E-state index contributed by atoms with van der Waals surface area (Å²) in [5.41, 5.74) is 0. The van der Waals surface area contributed by atoms with E-state index >= 15 is 0 Å². The molecule has 0 saturated carbocycles. The lowest BCUT2D eigenvalue weighted by Crippen LogP contribution is -2.30. The first-order chi connectivity index (χ1) is 31.2. The minimum atomic E-state index is -0.764. The van der Waals surface area contributed by atoms with E-state index in [0.717, 1.165) is 75.5 Å². The van der Waals surface area contributed by atoms with E-state index in [1.54, 1.807) is 0 Å². The van der Waals surface area contributed by atoms with Gasteiger partial charge in [-0.3, -0.25) is 14.4 Å². The highest BCUT2D eigenvalue weighted by atomic mass is 16.6. The van der Waals surface area contributed by atoms with Crippen LogP contribution in [0.3, 0.4) is 0 Å². The zero-order valence-electron chi connectivity index (χ0n) is 44.1. The Morgan fingerprint density at radius 3 is 0.812 bits per heavy atom. The van der Waals surface area contributed by atoms with Crippen LogP contribution >= 0.6 is 0 Å². The molecule has 0 aliphatic heterocycles. The first-order valence-corrected chi connectivity index (χ1v) is 28.7. The van der Waals surface area contributed by atoms with Crippen molar-refractivity contribution < 1.29 is 28.6 Å². The summed E-state index contributed by atoms with van der Waals surface area (Å²) in [5, 5.41) is 0. The Balaban J connectivity index is 4.20. The molecule has 0 aromatic carbocycles.